The molecule has 0 fully saturated rings. The maximum Gasteiger partial charge on any atom is 0.194 e. The van der Waals surface area contributed by atoms with Crippen LogP contribution in [-0.2, 0) is 0 Å². The average Bonchev–Trinajstić information content (AvgIpc) is 2.46. The molecule has 0 amide bonds. The van der Waals surface area contributed by atoms with Gasteiger partial charge in [0.1, 0.15) is 11.5 Å². The Labute approximate surface area is 130 Å². The standard InChI is InChI=1S/C15H12BrClO3/c1-19-11-5-9(6-12(8-11)20-2)15(18)13-4-3-10(17)7-14(13)16/h3-8H,1-2H3. The first-order valence-corrected chi connectivity index (χ1v) is 6.95. The molecule has 20 heavy (non-hydrogen) atoms. The number of benzene rings is 2. The molecule has 0 aliphatic carbocycles. The molecule has 0 aliphatic heterocycles. The van der Waals surface area contributed by atoms with Gasteiger partial charge in [-0.05, 0) is 46.3 Å². The molecule has 104 valence electrons. The highest BCUT2D eigenvalue weighted by Gasteiger charge is 2.15. The molecule has 0 bridgehead atoms. The van der Waals surface area contributed by atoms with Gasteiger partial charge in [0, 0.05) is 26.7 Å². The van der Waals surface area contributed by atoms with Crippen molar-refractivity contribution in [1.29, 1.82) is 0 Å². The molecule has 0 aliphatic rings. The summed E-state index contributed by atoms with van der Waals surface area (Å²) in [5.41, 5.74) is 1.02. The van der Waals surface area contributed by atoms with Crippen LogP contribution in [0.4, 0.5) is 0 Å². The van der Waals surface area contributed by atoms with Crippen molar-refractivity contribution >= 4 is 33.3 Å². The van der Waals surface area contributed by atoms with Gasteiger partial charge in [0.05, 0.1) is 14.2 Å². The summed E-state index contributed by atoms with van der Waals surface area (Å²) < 4.78 is 11.0. The van der Waals surface area contributed by atoms with Crippen LogP contribution in [0.1, 0.15) is 15.9 Å². The zero-order valence-corrected chi connectivity index (χ0v) is 13.3. The van der Waals surface area contributed by atoms with Gasteiger partial charge in [-0.3, -0.25) is 4.79 Å². The molecule has 5 heteroatoms. The van der Waals surface area contributed by atoms with E-state index in [9.17, 15) is 4.79 Å². The molecule has 2 aromatic rings. The van der Waals surface area contributed by atoms with E-state index in [-0.39, 0.29) is 5.78 Å². The summed E-state index contributed by atoms with van der Waals surface area (Å²) in [6.07, 6.45) is 0. The zero-order valence-electron chi connectivity index (χ0n) is 10.9. The van der Waals surface area contributed by atoms with Crippen molar-refractivity contribution in [2.45, 2.75) is 0 Å². The van der Waals surface area contributed by atoms with E-state index in [4.69, 9.17) is 21.1 Å². The molecule has 0 aromatic heterocycles. The van der Waals surface area contributed by atoms with Crippen molar-refractivity contribution in [2.24, 2.45) is 0 Å². The van der Waals surface area contributed by atoms with E-state index in [1.54, 1.807) is 50.6 Å². The van der Waals surface area contributed by atoms with E-state index in [1.165, 1.54) is 0 Å². The van der Waals surface area contributed by atoms with Crippen LogP contribution in [0.5, 0.6) is 11.5 Å². The Morgan fingerprint density at radius 2 is 1.65 bits per heavy atom. The smallest absolute Gasteiger partial charge is 0.194 e. The Kier molecular flexibility index (Phi) is 4.68. The number of ether oxygens (including phenoxy) is 2. The highest BCUT2D eigenvalue weighted by Crippen LogP contribution is 2.28. The number of ketones is 1. The number of carbonyl (C=O) groups excluding carboxylic acids is 1. The van der Waals surface area contributed by atoms with Crippen molar-refractivity contribution < 1.29 is 14.3 Å². The van der Waals surface area contributed by atoms with Crippen LogP contribution in [-0.4, -0.2) is 20.0 Å². The molecule has 0 spiro atoms. The molecule has 0 atom stereocenters. The minimum absolute atomic E-state index is 0.134. The molecular weight excluding hydrogens is 344 g/mol. The van der Waals surface area contributed by atoms with Crippen molar-refractivity contribution in [2.75, 3.05) is 14.2 Å². The van der Waals surface area contributed by atoms with Crippen LogP contribution in [0, 0.1) is 0 Å². The average molecular weight is 356 g/mol. The predicted octanol–water partition coefficient (Wildman–Crippen LogP) is 4.35. The van der Waals surface area contributed by atoms with E-state index in [1.807, 2.05) is 0 Å². The maximum atomic E-state index is 12.5. The first-order valence-electron chi connectivity index (χ1n) is 5.78. The van der Waals surface area contributed by atoms with Gasteiger partial charge in [-0.2, -0.15) is 0 Å². The SMILES string of the molecule is COc1cc(OC)cc(C(=O)c2ccc(Cl)cc2Br)c1. The van der Waals surface area contributed by atoms with Crippen LogP contribution in [0.2, 0.25) is 5.02 Å². The van der Waals surface area contributed by atoms with Gasteiger partial charge in [-0.15, -0.1) is 0 Å². The topological polar surface area (TPSA) is 35.5 Å². The van der Waals surface area contributed by atoms with Gasteiger partial charge < -0.3 is 9.47 Å². The number of carbonyl (C=O) groups is 1. The summed E-state index contributed by atoms with van der Waals surface area (Å²) in [5, 5.41) is 0.566. The van der Waals surface area contributed by atoms with Gasteiger partial charge >= 0.3 is 0 Å². The third-order valence-corrected chi connectivity index (χ3v) is 3.68. The van der Waals surface area contributed by atoms with Gasteiger partial charge in [0.25, 0.3) is 0 Å². The minimum atomic E-state index is -0.134. The highest BCUT2D eigenvalue weighted by atomic mass is 79.9. The predicted molar refractivity (Wildman–Crippen MR) is 82.1 cm³/mol. The van der Waals surface area contributed by atoms with E-state index in [0.717, 1.165) is 0 Å². The number of halogens is 2. The molecular formula is C15H12BrClO3. The lowest BCUT2D eigenvalue weighted by Crippen LogP contribution is -2.03. The molecule has 2 rings (SSSR count). The first-order chi connectivity index (χ1) is 9.55. The normalized spacial score (nSPS) is 10.2. The molecule has 0 saturated heterocycles. The van der Waals surface area contributed by atoms with E-state index in [0.29, 0.717) is 32.1 Å². The Hall–Kier alpha value is -1.52. The monoisotopic (exact) mass is 354 g/mol. The first kappa shape index (κ1) is 14.9. The molecule has 0 N–H and O–H groups in total. The third-order valence-electron chi connectivity index (χ3n) is 2.79. The molecule has 3 nitrogen and oxygen atoms in total. The van der Waals surface area contributed by atoms with Crippen molar-refractivity contribution in [1.82, 2.24) is 0 Å². The fourth-order valence-electron chi connectivity index (χ4n) is 1.77. The lowest BCUT2D eigenvalue weighted by atomic mass is 10.0. The van der Waals surface area contributed by atoms with Crippen LogP contribution in [0.15, 0.2) is 40.9 Å². The van der Waals surface area contributed by atoms with E-state index >= 15 is 0 Å². The van der Waals surface area contributed by atoms with Crippen LogP contribution in [0.25, 0.3) is 0 Å². The number of hydrogen-bond acceptors (Lipinski definition) is 3. The quantitative estimate of drug-likeness (QED) is 0.765. The Morgan fingerprint density at radius 3 is 2.15 bits per heavy atom. The van der Waals surface area contributed by atoms with Gasteiger partial charge in [0.2, 0.25) is 0 Å². The van der Waals surface area contributed by atoms with E-state index in [2.05, 4.69) is 15.9 Å². The lowest BCUT2D eigenvalue weighted by molar-refractivity contribution is 0.103. The van der Waals surface area contributed by atoms with Gasteiger partial charge in [-0.25, -0.2) is 0 Å². The summed E-state index contributed by atoms with van der Waals surface area (Å²) in [7, 11) is 3.09. The fourth-order valence-corrected chi connectivity index (χ4v) is 2.63. The third kappa shape index (κ3) is 3.14. The highest BCUT2D eigenvalue weighted by molar-refractivity contribution is 9.10. The van der Waals surface area contributed by atoms with Crippen molar-refractivity contribution in [3.05, 3.63) is 57.0 Å². The second kappa shape index (κ2) is 6.29. The largest absolute Gasteiger partial charge is 0.497 e. The number of rotatable bonds is 4. The number of methoxy groups -OCH3 is 2. The number of hydrogen-bond donors (Lipinski definition) is 0. The van der Waals surface area contributed by atoms with Crippen molar-refractivity contribution in [3.63, 3.8) is 0 Å². The summed E-state index contributed by atoms with van der Waals surface area (Å²) in [6, 6.07) is 10.1. The molecule has 0 heterocycles. The molecule has 2 aromatic carbocycles. The fraction of sp³-hybridized carbons (Fsp3) is 0.133. The van der Waals surface area contributed by atoms with Crippen LogP contribution in [0.3, 0.4) is 0 Å². The molecule has 0 saturated carbocycles. The van der Waals surface area contributed by atoms with Gasteiger partial charge in [-0.1, -0.05) is 11.6 Å². The summed E-state index contributed by atoms with van der Waals surface area (Å²) in [6.45, 7) is 0. The maximum absolute atomic E-state index is 12.5. The summed E-state index contributed by atoms with van der Waals surface area (Å²) in [4.78, 5) is 12.5. The van der Waals surface area contributed by atoms with Crippen LogP contribution < -0.4 is 9.47 Å². The summed E-state index contributed by atoms with van der Waals surface area (Å²) >= 11 is 9.23. The molecule has 0 unspecified atom stereocenters. The Morgan fingerprint density at radius 1 is 1.05 bits per heavy atom. The van der Waals surface area contributed by atoms with Crippen LogP contribution >= 0.6 is 27.5 Å². The second-order valence-electron chi connectivity index (χ2n) is 4.05. The minimum Gasteiger partial charge on any atom is -0.497 e. The Bertz CT molecular complexity index is 633. The molecule has 0 radical (unpaired) electrons. The lowest BCUT2D eigenvalue weighted by Gasteiger charge is -2.09. The van der Waals surface area contributed by atoms with E-state index < -0.39 is 0 Å². The van der Waals surface area contributed by atoms with Gasteiger partial charge in [0.15, 0.2) is 5.78 Å². The van der Waals surface area contributed by atoms with Crippen molar-refractivity contribution in [3.8, 4) is 11.5 Å². The summed E-state index contributed by atoms with van der Waals surface area (Å²) in [5.74, 6) is 1.00. The zero-order chi connectivity index (χ0) is 14.7. The Balaban J connectivity index is 2.47. The second-order valence-corrected chi connectivity index (χ2v) is 5.35.